The Morgan fingerprint density at radius 1 is 1.23 bits per heavy atom. The first-order chi connectivity index (χ1) is 12.1. The van der Waals surface area contributed by atoms with Crippen LogP contribution in [0.2, 0.25) is 0 Å². The maximum atomic E-state index is 12.9. The predicted octanol–water partition coefficient (Wildman–Crippen LogP) is 2.60. The molecule has 26 heavy (non-hydrogen) atoms. The number of rotatable bonds is 7. The lowest BCUT2D eigenvalue weighted by molar-refractivity contribution is -0.139. The van der Waals surface area contributed by atoms with Gasteiger partial charge in [-0.3, -0.25) is 4.79 Å². The first kappa shape index (κ1) is 20.7. The van der Waals surface area contributed by atoms with Crippen LogP contribution in [0.3, 0.4) is 0 Å². The number of sulfone groups is 1. The molecule has 2 rings (SSSR count). The maximum Gasteiger partial charge on any atom is 0.416 e. The van der Waals surface area contributed by atoms with E-state index < -0.39 is 45.4 Å². The second-order valence-electron chi connectivity index (χ2n) is 6.43. The average Bonchev–Trinajstić information content (AvgIpc) is 3.12. The zero-order valence-electron chi connectivity index (χ0n) is 14.1. The van der Waals surface area contributed by atoms with Crippen LogP contribution < -0.4 is 5.32 Å². The third-order valence-electron chi connectivity index (χ3n) is 4.54. The Bertz CT molecular complexity index is 728. The highest BCUT2D eigenvalue weighted by atomic mass is 32.2. The van der Waals surface area contributed by atoms with Gasteiger partial charge in [0.1, 0.15) is 0 Å². The summed E-state index contributed by atoms with van der Waals surface area (Å²) in [4.78, 5) is 11.8. The summed E-state index contributed by atoms with van der Waals surface area (Å²) in [5.74, 6) is -0.909. The molecular weight excluding hydrogens is 371 g/mol. The number of carbonyl (C=O) groups is 1. The van der Waals surface area contributed by atoms with Crippen molar-refractivity contribution in [3.05, 3.63) is 35.4 Å². The molecule has 2 N–H and O–H groups in total. The van der Waals surface area contributed by atoms with Crippen molar-refractivity contribution in [2.75, 3.05) is 12.3 Å². The van der Waals surface area contributed by atoms with Crippen LogP contribution in [-0.4, -0.2) is 37.0 Å². The molecule has 1 aromatic carbocycles. The summed E-state index contributed by atoms with van der Waals surface area (Å²) < 4.78 is 63.0. The van der Waals surface area contributed by atoms with Gasteiger partial charge in [-0.25, -0.2) is 8.42 Å². The van der Waals surface area contributed by atoms with E-state index in [0.717, 1.165) is 25.0 Å². The van der Waals surface area contributed by atoms with Gasteiger partial charge in [-0.1, -0.05) is 31.0 Å². The monoisotopic (exact) mass is 393 g/mol. The minimum absolute atomic E-state index is 0.271. The first-order valence-electron chi connectivity index (χ1n) is 8.43. The van der Waals surface area contributed by atoms with Crippen molar-refractivity contribution in [1.82, 2.24) is 5.32 Å². The van der Waals surface area contributed by atoms with Gasteiger partial charge in [-0.05, 0) is 24.5 Å². The zero-order valence-corrected chi connectivity index (χ0v) is 14.9. The van der Waals surface area contributed by atoms with Gasteiger partial charge in [-0.2, -0.15) is 13.2 Å². The molecule has 146 valence electrons. The Labute approximate surface area is 150 Å². The van der Waals surface area contributed by atoms with Crippen LogP contribution in [0.15, 0.2) is 24.3 Å². The number of carbonyl (C=O) groups excluding carboxylic acids is 1. The smallest absolute Gasteiger partial charge is 0.387 e. The van der Waals surface area contributed by atoms with Crippen molar-refractivity contribution in [3.8, 4) is 0 Å². The van der Waals surface area contributed by atoms with Crippen molar-refractivity contribution in [3.63, 3.8) is 0 Å². The van der Waals surface area contributed by atoms with Crippen molar-refractivity contribution < 1.29 is 31.5 Å². The van der Waals surface area contributed by atoms with Crippen molar-refractivity contribution in [2.45, 2.75) is 49.6 Å². The number of halogens is 3. The van der Waals surface area contributed by atoms with E-state index in [1.54, 1.807) is 0 Å². The molecule has 1 aliphatic carbocycles. The average molecular weight is 393 g/mol. The molecule has 9 heteroatoms. The lowest BCUT2D eigenvalue weighted by Gasteiger charge is -2.18. The van der Waals surface area contributed by atoms with Crippen molar-refractivity contribution >= 4 is 15.7 Å². The number of hydrogen-bond donors (Lipinski definition) is 2. The van der Waals surface area contributed by atoms with Crippen molar-refractivity contribution in [2.24, 2.45) is 0 Å². The second kappa shape index (κ2) is 8.39. The van der Waals surface area contributed by atoms with E-state index in [0.29, 0.717) is 12.8 Å². The Morgan fingerprint density at radius 2 is 1.85 bits per heavy atom. The molecule has 1 aromatic rings. The molecule has 0 bridgehead atoms. The van der Waals surface area contributed by atoms with E-state index in [-0.39, 0.29) is 17.7 Å². The van der Waals surface area contributed by atoms with Crippen LogP contribution >= 0.6 is 0 Å². The Balaban J connectivity index is 1.88. The number of nitrogens with one attached hydrogen (secondary N) is 1. The topological polar surface area (TPSA) is 83.5 Å². The van der Waals surface area contributed by atoms with Gasteiger partial charge in [0.25, 0.3) is 0 Å². The SMILES string of the molecule is O=C(CCS(=O)(=O)C1CCCC1)NCC(O)c1ccccc1C(F)(F)F. The minimum Gasteiger partial charge on any atom is -0.387 e. The normalized spacial score (nSPS) is 17.2. The Kier molecular flexibility index (Phi) is 6.68. The van der Waals surface area contributed by atoms with Crippen LogP contribution in [-0.2, 0) is 20.8 Å². The highest BCUT2D eigenvalue weighted by Crippen LogP contribution is 2.34. The van der Waals surface area contributed by atoms with E-state index in [2.05, 4.69) is 5.32 Å². The van der Waals surface area contributed by atoms with Gasteiger partial charge in [0.15, 0.2) is 9.84 Å². The minimum atomic E-state index is -4.61. The molecule has 1 amide bonds. The largest absolute Gasteiger partial charge is 0.416 e. The van der Waals surface area contributed by atoms with Gasteiger partial charge < -0.3 is 10.4 Å². The Hall–Kier alpha value is -1.61. The molecular formula is C17H22F3NO4S. The summed E-state index contributed by atoms with van der Waals surface area (Å²) in [5.41, 5.74) is -1.30. The number of benzene rings is 1. The summed E-state index contributed by atoms with van der Waals surface area (Å²) in [6.07, 6.45) is -3.48. The summed E-state index contributed by atoms with van der Waals surface area (Å²) in [5, 5.41) is 11.9. The predicted molar refractivity (Wildman–Crippen MR) is 90.1 cm³/mol. The standard InChI is InChI=1S/C17H22F3NO4S/c18-17(19,20)14-8-4-3-7-13(14)15(22)11-21-16(23)9-10-26(24,25)12-5-1-2-6-12/h3-4,7-8,12,15,22H,1-2,5-6,9-11H2,(H,21,23). The molecule has 1 saturated carbocycles. The molecule has 1 fully saturated rings. The van der Waals surface area contributed by atoms with Gasteiger partial charge in [0, 0.05) is 13.0 Å². The molecule has 0 spiro atoms. The number of alkyl halides is 3. The van der Waals surface area contributed by atoms with Crippen LogP contribution in [0.25, 0.3) is 0 Å². The highest BCUT2D eigenvalue weighted by Gasteiger charge is 2.34. The van der Waals surface area contributed by atoms with Gasteiger partial charge >= 0.3 is 6.18 Å². The van der Waals surface area contributed by atoms with Gasteiger partial charge in [-0.15, -0.1) is 0 Å². The summed E-state index contributed by atoms with van der Waals surface area (Å²) >= 11 is 0. The molecule has 0 radical (unpaired) electrons. The fourth-order valence-electron chi connectivity index (χ4n) is 3.10. The number of aliphatic hydroxyl groups is 1. The van der Waals surface area contributed by atoms with Crippen LogP contribution in [0.1, 0.15) is 49.3 Å². The van der Waals surface area contributed by atoms with Gasteiger partial charge in [0.2, 0.25) is 5.91 Å². The van der Waals surface area contributed by atoms with E-state index in [1.165, 1.54) is 12.1 Å². The fraction of sp³-hybridized carbons (Fsp3) is 0.588. The number of aliphatic hydroxyl groups excluding tert-OH is 1. The van der Waals surface area contributed by atoms with Gasteiger partial charge in [0.05, 0.1) is 22.7 Å². The number of amides is 1. The Morgan fingerprint density at radius 3 is 2.46 bits per heavy atom. The van der Waals surface area contributed by atoms with E-state index in [4.69, 9.17) is 0 Å². The summed E-state index contributed by atoms with van der Waals surface area (Å²) in [6, 6.07) is 4.58. The molecule has 1 unspecified atom stereocenters. The molecule has 0 aromatic heterocycles. The van der Waals surface area contributed by atoms with Crippen LogP contribution in [0.5, 0.6) is 0 Å². The molecule has 0 aliphatic heterocycles. The van der Waals surface area contributed by atoms with Crippen LogP contribution in [0, 0.1) is 0 Å². The second-order valence-corrected chi connectivity index (χ2v) is 8.83. The third-order valence-corrected chi connectivity index (χ3v) is 6.80. The molecule has 0 saturated heterocycles. The van der Waals surface area contributed by atoms with E-state index in [1.807, 2.05) is 0 Å². The lowest BCUT2D eigenvalue weighted by atomic mass is 10.0. The highest BCUT2D eigenvalue weighted by molar-refractivity contribution is 7.92. The van der Waals surface area contributed by atoms with Crippen LogP contribution in [0.4, 0.5) is 13.2 Å². The first-order valence-corrected chi connectivity index (χ1v) is 10.2. The zero-order chi connectivity index (χ0) is 19.4. The molecule has 5 nitrogen and oxygen atoms in total. The molecule has 0 heterocycles. The maximum absolute atomic E-state index is 12.9. The fourth-order valence-corrected chi connectivity index (χ4v) is 4.96. The molecule has 1 atom stereocenters. The number of hydrogen-bond acceptors (Lipinski definition) is 4. The summed E-state index contributed by atoms with van der Waals surface area (Å²) in [7, 11) is -3.34. The lowest BCUT2D eigenvalue weighted by Crippen LogP contribution is -2.31. The van der Waals surface area contributed by atoms with Crippen molar-refractivity contribution in [1.29, 1.82) is 0 Å². The van der Waals surface area contributed by atoms with E-state index >= 15 is 0 Å². The van der Waals surface area contributed by atoms with E-state index in [9.17, 15) is 31.5 Å². The summed E-state index contributed by atoms with van der Waals surface area (Å²) in [6.45, 7) is -0.421. The quantitative estimate of drug-likeness (QED) is 0.746. The third kappa shape index (κ3) is 5.44. The molecule has 1 aliphatic rings.